The van der Waals surface area contributed by atoms with E-state index in [1.54, 1.807) is 28.3 Å². The fourth-order valence-corrected chi connectivity index (χ4v) is 3.97. The molecule has 1 aliphatic heterocycles. The molecule has 2 amide bonds. The number of piperazine rings is 1. The first-order valence-electron chi connectivity index (χ1n) is 9.98. The van der Waals surface area contributed by atoms with E-state index in [0.29, 0.717) is 31.9 Å². The van der Waals surface area contributed by atoms with Gasteiger partial charge in [0.1, 0.15) is 12.3 Å². The van der Waals surface area contributed by atoms with Crippen molar-refractivity contribution in [1.82, 2.24) is 24.1 Å². The number of aromatic nitrogens is 3. The molecule has 0 N–H and O–H groups in total. The molecule has 1 saturated heterocycles. The van der Waals surface area contributed by atoms with Gasteiger partial charge in [0.2, 0.25) is 11.8 Å². The number of benzene rings is 1. The number of carbonyl (C=O) groups is 2. The molecule has 1 aromatic carbocycles. The molecule has 2 aromatic heterocycles. The number of nitrogens with zero attached hydrogens (tertiary/aromatic N) is 5. The summed E-state index contributed by atoms with van der Waals surface area (Å²) >= 11 is 0. The lowest BCUT2D eigenvalue weighted by molar-refractivity contribution is -0.139. The van der Waals surface area contributed by atoms with Crippen LogP contribution in [0, 0.1) is 13.8 Å². The predicted molar refractivity (Wildman–Crippen MR) is 110 cm³/mol. The Bertz CT molecular complexity index is 1140. The Kier molecular flexibility index (Phi) is 5.19. The number of carbonyl (C=O) groups excluding carboxylic acids is 2. The summed E-state index contributed by atoms with van der Waals surface area (Å²) in [6.07, 6.45) is 0.251. The monoisotopic (exact) mass is 411 g/mol. The third-order valence-electron chi connectivity index (χ3n) is 5.84. The van der Waals surface area contributed by atoms with E-state index in [-0.39, 0.29) is 30.5 Å². The topological polar surface area (TPSA) is 93.6 Å². The van der Waals surface area contributed by atoms with E-state index in [1.165, 1.54) is 4.57 Å². The maximum Gasteiger partial charge on any atom is 0.329 e. The van der Waals surface area contributed by atoms with Crippen molar-refractivity contribution < 1.29 is 14.1 Å². The molecule has 0 saturated carbocycles. The molecule has 0 radical (unpaired) electrons. The molecule has 3 heterocycles. The Balaban J connectivity index is 1.39. The van der Waals surface area contributed by atoms with E-state index in [0.717, 1.165) is 22.3 Å². The molecular formula is C21H25N5O4. The van der Waals surface area contributed by atoms with Crippen LogP contribution in [-0.2, 0) is 29.6 Å². The number of rotatable bonds is 4. The summed E-state index contributed by atoms with van der Waals surface area (Å²) in [5.74, 6) is 0.545. The van der Waals surface area contributed by atoms with Gasteiger partial charge in [-0.05, 0) is 26.0 Å². The van der Waals surface area contributed by atoms with Gasteiger partial charge in [-0.15, -0.1) is 0 Å². The van der Waals surface area contributed by atoms with E-state index in [4.69, 9.17) is 4.52 Å². The van der Waals surface area contributed by atoms with Crippen molar-refractivity contribution in [2.75, 3.05) is 26.2 Å². The lowest BCUT2D eigenvalue weighted by Gasteiger charge is -2.35. The van der Waals surface area contributed by atoms with Crippen molar-refractivity contribution in [3.63, 3.8) is 0 Å². The summed E-state index contributed by atoms with van der Waals surface area (Å²) in [7, 11) is 1.70. The SMILES string of the molecule is Cc1noc(C)c1CC(=O)N1CCN(C(=O)Cn2c(=O)n(C)c3ccccc32)CC1. The summed E-state index contributed by atoms with van der Waals surface area (Å²) < 4.78 is 8.18. The van der Waals surface area contributed by atoms with Crippen molar-refractivity contribution in [1.29, 1.82) is 0 Å². The first kappa shape index (κ1) is 19.9. The number of para-hydroxylation sites is 2. The quantitative estimate of drug-likeness (QED) is 0.635. The third kappa shape index (κ3) is 3.51. The lowest BCUT2D eigenvalue weighted by Crippen LogP contribution is -2.52. The number of hydrogen-bond acceptors (Lipinski definition) is 5. The average molecular weight is 411 g/mol. The van der Waals surface area contributed by atoms with Crippen LogP contribution in [0.5, 0.6) is 0 Å². The van der Waals surface area contributed by atoms with Crippen molar-refractivity contribution in [3.8, 4) is 0 Å². The molecule has 30 heavy (non-hydrogen) atoms. The normalized spacial score (nSPS) is 14.5. The summed E-state index contributed by atoms with van der Waals surface area (Å²) in [6, 6.07) is 7.43. The van der Waals surface area contributed by atoms with Gasteiger partial charge >= 0.3 is 5.69 Å². The van der Waals surface area contributed by atoms with Gasteiger partial charge in [-0.1, -0.05) is 17.3 Å². The highest BCUT2D eigenvalue weighted by Crippen LogP contribution is 2.16. The van der Waals surface area contributed by atoms with Crippen molar-refractivity contribution in [3.05, 3.63) is 51.8 Å². The minimum atomic E-state index is -0.210. The molecule has 4 rings (SSSR count). The van der Waals surface area contributed by atoms with Crippen molar-refractivity contribution >= 4 is 22.8 Å². The molecule has 9 heteroatoms. The van der Waals surface area contributed by atoms with Crippen LogP contribution in [0.1, 0.15) is 17.0 Å². The first-order valence-corrected chi connectivity index (χ1v) is 9.98. The smallest absolute Gasteiger partial charge is 0.329 e. The van der Waals surface area contributed by atoms with E-state index >= 15 is 0 Å². The molecule has 0 unspecified atom stereocenters. The van der Waals surface area contributed by atoms with Crippen LogP contribution >= 0.6 is 0 Å². The molecule has 0 spiro atoms. The fourth-order valence-electron chi connectivity index (χ4n) is 3.97. The minimum Gasteiger partial charge on any atom is -0.361 e. The summed E-state index contributed by atoms with van der Waals surface area (Å²) in [6.45, 7) is 5.46. The van der Waals surface area contributed by atoms with Gasteiger partial charge in [0.25, 0.3) is 0 Å². The molecule has 0 bridgehead atoms. The summed E-state index contributed by atoms with van der Waals surface area (Å²) in [5, 5.41) is 3.89. The van der Waals surface area contributed by atoms with Crippen molar-refractivity contribution in [2.24, 2.45) is 7.05 Å². The Morgan fingerprint density at radius 1 is 1.00 bits per heavy atom. The van der Waals surface area contributed by atoms with Crippen LogP contribution in [0.2, 0.25) is 0 Å². The Hall–Kier alpha value is -3.36. The predicted octanol–water partition coefficient (Wildman–Crippen LogP) is 0.858. The Morgan fingerprint density at radius 3 is 2.20 bits per heavy atom. The number of imidazole rings is 1. The second kappa shape index (κ2) is 7.81. The largest absolute Gasteiger partial charge is 0.361 e. The van der Waals surface area contributed by atoms with Gasteiger partial charge in [0.05, 0.1) is 23.1 Å². The molecule has 1 fully saturated rings. The van der Waals surface area contributed by atoms with Gasteiger partial charge in [-0.2, -0.15) is 0 Å². The zero-order chi connectivity index (χ0) is 21.4. The molecule has 0 atom stereocenters. The standard InChI is InChI=1S/C21H25N5O4/c1-14-16(15(2)30-22-14)12-19(27)24-8-10-25(11-9-24)20(28)13-26-18-7-5-4-6-17(18)23(3)21(26)29/h4-7H,8-13H2,1-3H3. The zero-order valence-electron chi connectivity index (χ0n) is 17.4. The van der Waals surface area contributed by atoms with Crippen LogP contribution in [0.4, 0.5) is 0 Å². The molecule has 1 aliphatic rings. The molecule has 3 aromatic rings. The maximum atomic E-state index is 12.8. The van der Waals surface area contributed by atoms with Gasteiger partial charge in [0, 0.05) is 38.8 Å². The zero-order valence-corrected chi connectivity index (χ0v) is 17.4. The molecular weight excluding hydrogens is 386 g/mol. The number of amides is 2. The second-order valence-electron chi connectivity index (χ2n) is 7.66. The summed E-state index contributed by atoms with van der Waals surface area (Å²) in [5.41, 5.74) is 2.89. The lowest BCUT2D eigenvalue weighted by atomic mass is 10.1. The van der Waals surface area contributed by atoms with Crippen LogP contribution in [0.25, 0.3) is 11.0 Å². The average Bonchev–Trinajstić information content (AvgIpc) is 3.20. The highest BCUT2D eigenvalue weighted by Gasteiger charge is 2.26. The van der Waals surface area contributed by atoms with E-state index in [9.17, 15) is 14.4 Å². The van der Waals surface area contributed by atoms with Crippen molar-refractivity contribution in [2.45, 2.75) is 26.8 Å². The first-order chi connectivity index (χ1) is 14.4. The van der Waals surface area contributed by atoms with E-state index < -0.39 is 0 Å². The van der Waals surface area contributed by atoms with Gasteiger partial charge in [-0.3, -0.25) is 18.7 Å². The highest BCUT2D eigenvalue weighted by atomic mass is 16.5. The van der Waals surface area contributed by atoms with Gasteiger partial charge in [0.15, 0.2) is 0 Å². The Labute approximate surface area is 173 Å². The van der Waals surface area contributed by atoms with E-state index in [2.05, 4.69) is 5.16 Å². The summed E-state index contributed by atoms with van der Waals surface area (Å²) in [4.78, 5) is 41.5. The number of hydrogen-bond donors (Lipinski definition) is 0. The maximum absolute atomic E-state index is 12.8. The second-order valence-corrected chi connectivity index (χ2v) is 7.66. The number of aryl methyl sites for hydroxylation is 3. The number of fused-ring (bicyclic) bond motifs is 1. The third-order valence-corrected chi connectivity index (χ3v) is 5.84. The molecule has 0 aliphatic carbocycles. The fraction of sp³-hybridized carbons (Fsp3) is 0.429. The highest BCUT2D eigenvalue weighted by molar-refractivity contribution is 5.82. The molecule has 9 nitrogen and oxygen atoms in total. The van der Waals surface area contributed by atoms with Crippen LogP contribution < -0.4 is 5.69 Å². The molecule has 158 valence electrons. The van der Waals surface area contributed by atoms with Gasteiger partial charge < -0.3 is 14.3 Å². The Morgan fingerprint density at radius 2 is 1.60 bits per heavy atom. The van der Waals surface area contributed by atoms with Crippen LogP contribution in [0.15, 0.2) is 33.6 Å². The minimum absolute atomic E-state index is 0.00164. The van der Waals surface area contributed by atoms with Crippen LogP contribution in [0.3, 0.4) is 0 Å². The van der Waals surface area contributed by atoms with Gasteiger partial charge in [-0.25, -0.2) is 4.79 Å². The van der Waals surface area contributed by atoms with E-state index in [1.807, 2.05) is 31.2 Å². The van der Waals surface area contributed by atoms with Crippen LogP contribution in [-0.4, -0.2) is 62.1 Å².